The number of pyridine rings is 1. The number of hydrogen-bond donors (Lipinski definition) is 2. The van der Waals surface area contributed by atoms with Crippen LogP contribution in [-0.2, 0) is 0 Å². The largest absolute Gasteiger partial charge is 0.481 e. The van der Waals surface area contributed by atoms with Crippen LogP contribution >= 0.6 is 0 Å². The van der Waals surface area contributed by atoms with Gasteiger partial charge < -0.3 is 20.7 Å². The van der Waals surface area contributed by atoms with Crippen LogP contribution in [0.25, 0.3) is 0 Å². The van der Waals surface area contributed by atoms with Crippen LogP contribution in [0.5, 0.6) is 5.88 Å². The van der Waals surface area contributed by atoms with Crippen LogP contribution < -0.4 is 15.8 Å². The van der Waals surface area contributed by atoms with Gasteiger partial charge >= 0.3 is 0 Å². The van der Waals surface area contributed by atoms with Gasteiger partial charge in [0.15, 0.2) is 5.82 Å². The normalized spacial score (nSPS) is 10.4. The van der Waals surface area contributed by atoms with Crippen molar-refractivity contribution >= 4 is 11.5 Å². The topological polar surface area (TPSA) is 63.4 Å². The molecule has 0 fully saturated rings. The fourth-order valence-electron chi connectivity index (χ4n) is 1.11. The highest BCUT2D eigenvalue weighted by molar-refractivity contribution is 5.61. The number of likely N-dealkylation sites (N-methyl/N-ethyl adjacent to an activating group) is 1. The minimum atomic E-state index is 0.566. The van der Waals surface area contributed by atoms with Gasteiger partial charge in [0.2, 0.25) is 5.88 Å². The maximum atomic E-state index is 5.77. The lowest BCUT2D eigenvalue weighted by molar-refractivity contribution is 0.398. The van der Waals surface area contributed by atoms with Gasteiger partial charge in [0, 0.05) is 19.2 Å². The summed E-state index contributed by atoms with van der Waals surface area (Å²) in [7, 11) is 5.62. The summed E-state index contributed by atoms with van der Waals surface area (Å²) in [6.45, 7) is 1.73. The molecule has 3 N–H and O–H groups in total. The van der Waals surface area contributed by atoms with E-state index in [-0.39, 0.29) is 0 Å². The van der Waals surface area contributed by atoms with Crippen molar-refractivity contribution in [3.63, 3.8) is 0 Å². The third-order valence-electron chi connectivity index (χ3n) is 1.96. The Morgan fingerprint density at radius 3 is 2.80 bits per heavy atom. The number of nitrogens with two attached hydrogens (primary N) is 1. The Bertz CT molecular complexity index is 314. The summed E-state index contributed by atoms with van der Waals surface area (Å²) in [5.41, 5.74) is 6.40. The molecule has 0 saturated heterocycles. The molecule has 0 unspecified atom stereocenters. The molecule has 5 heteroatoms. The van der Waals surface area contributed by atoms with Gasteiger partial charge in [0.1, 0.15) is 0 Å². The fraction of sp³-hybridized carbons (Fsp3) is 0.500. The van der Waals surface area contributed by atoms with E-state index in [2.05, 4.69) is 15.2 Å². The number of anilines is 2. The molecular weight excluding hydrogens is 192 g/mol. The molecule has 0 aliphatic carbocycles. The molecule has 0 bridgehead atoms. The van der Waals surface area contributed by atoms with Crippen LogP contribution in [0.15, 0.2) is 12.1 Å². The number of ether oxygens (including phenoxy) is 1. The summed E-state index contributed by atoms with van der Waals surface area (Å²) in [5, 5.41) is 3.16. The van der Waals surface area contributed by atoms with Gasteiger partial charge in [-0.15, -0.1) is 0 Å². The van der Waals surface area contributed by atoms with Crippen molar-refractivity contribution in [2.75, 3.05) is 45.3 Å². The van der Waals surface area contributed by atoms with E-state index in [1.807, 2.05) is 14.1 Å². The van der Waals surface area contributed by atoms with Gasteiger partial charge in [-0.05, 0) is 20.2 Å². The second kappa shape index (κ2) is 5.41. The van der Waals surface area contributed by atoms with Gasteiger partial charge in [-0.3, -0.25) is 0 Å². The Balaban J connectivity index is 2.59. The molecule has 0 radical (unpaired) electrons. The smallest absolute Gasteiger partial charge is 0.215 e. The molecule has 1 aromatic heterocycles. The molecule has 0 aromatic carbocycles. The summed E-state index contributed by atoms with van der Waals surface area (Å²) in [5.74, 6) is 1.24. The number of methoxy groups -OCH3 is 1. The Kier molecular flexibility index (Phi) is 4.17. The number of nitrogens with zero attached hydrogens (tertiary/aromatic N) is 2. The van der Waals surface area contributed by atoms with Gasteiger partial charge in [-0.25, -0.2) is 0 Å². The van der Waals surface area contributed by atoms with E-state index in [4.69, 9.17) is 10.5 Å². The average Bonchev–Trinajstić information content (AvgIpc) is 2.20. The number of nitrogens with one attached hydrogen (secondary N) is 1. The Labute approximate surface area is 90.2 Å². The van der Waals surface area contributed by atoms with E-state index in [1.54, 1.807) is 19.2 Å². The van der Waals surface area contributed by atoms with E-state index >= 15 is 0 Å². The van der Waals surface area contributed by atoms with Crippen molar-refractivity contribution in [2.45, 2.75) is 0 Å². The molecule has 1 aromatic rings. The third kappa shape index (κ3) is 3.63. The molecule has 0 aliphatic heterocycles. The fourth-order valence-corrected chi connectivity index (χ4v) is 1.11. The second-order valence-electron chi connectivity index (χ2n) is 3.52. The summed E-state index contributed by atoms with van der Waals surface area (Å²) in [6, 6.07) is 3.52. The molecule has 0 aliphatic rings. The van der Waals surface area contributed by atoms with Crippen LogP contribution in [0, 0.1) is 0 Å². The molecule has 0 amide bonds. The zero-order valence-electron chi connectivity index (χ0n) is 9.45. The SMILES string of the molecule is COc1ccc(N)c(NCCN(C)C)n1. The molecule has 84 valence electrons. The average molecular weight is 210 g/mol. The molecular formula is C10H18N4O. The van der Waals surface area contributed by atoms with E-state index < -0.39 is 0 Å². The van der Waals surface area contributed by atoms with Crippen molar-refractivity contribution in [1.82, 2.24) is 9.88 Å². The minimum Gasteiger partial charge on any atom is -0.481 e. The Morgan fingerprint density at radius 2 is 2.20 bits per heavy atom. The number of aromatic nitrogens is 1. The zero-order valence-corrected chi connectivity index (χ0v) is 9.45. The van der Waals surface area contributed by atoms with Gasteiger partial charge in [0.05, 0.1) is 12.8 Å². The lowest BCUT2D eigenvalue weighted by atomic mass is 10.4. The summed E-state index contributed by atoms with van der Waals surface area (Å²) in [4.78, 5) is 6.30. The predicted molar refractivity (Wildman–Crippen MR) is 62.2 cm³/mol. The third-order valence-corrected chi connectivity index (χ3v) is 1.96. The van der Waals surface area contributed by atoms with Crippen molar-refractivity contribution in [1.29, 1.82) is 0 Å². The van der Waals surface area contributed by atoms with Crippen LogP contribution in [0.1, 0.15) is 0 Å². The molecule has 1 heterocycles. The molecule has 5 nitrogen and oxygen atoms in total. The summed E-state index contributed by atoms with van der Waals surface area (Å²) >= 11 is 0. The Morgan fingerprint density at radius 1 is 1.47 bits per heavy atom. The van der Waals surface area contributed by atoms with Crippen LogP contribution in [-0.4, -0.2) is 44.2 Å². The maximum Gasteiger partial charge on any atom is 0.215 e. The van der Waals surface area contributed by atoms with E-state index in [0.29, 0.717) is 17.4 Å². The molecule has 15 heavy (non-hydrogen) atoms. The highest BCUT2D eigenvalue weighted by Crippen LogP contribution is 2.18. The van der Waals surface area contributed by atoms with Gasteiger partial charge in [-0.2, -0.15) is 4.98 Å². The van der Waals surface area contributed by atoms with Crippen LogP contribution in [0.3, 0.4) is 0 Å². The van der Waals surface area contributed by atoms with E-state index in [9.17, 15) is 0 Å². The van der Waals surface area contributed by atoms with Crippen molar-refractivity contribution in [3.8, 4) is 5.88 Å². The molecule has 0 spiro atoms. The number of hydrogen-bond acceptors (Lipinski definition) is 5. The molecule has 0 atom stereocenters. The first kappa shape index (κ1) is 11.6. The first-order chi connectivity index (χ1) is 7.13. The predicted octanol–water partition coefficient (Wildman–Crippen LogP) is 0.646. The lowest BCUT2D eigenvalue weighted by Crippen LogP contribution is -2.21. The first-order valence-corrected chi connectivity index (χ1v) is 4.82. The quantitative estimate of drug-likeness (QED) is 0.747. The van der Waals surface area contributed by atoms with Crippen molar-refractivity contribution in [2.24, 2.45) is 0 Å². The first-order valence-electron chi connectivity index (χ1n) is 4.82. The van der Waals surface area contributed by atoms with Crippen LogP contribution in [0.2, 0.25) is 0 Å². The molecule has 0 saturated carbocycles. The monoisotopic (exact) mass is 210 g/mol. The summed E-state index contributed by atoms with van der Waals surface area (Å²) < 4.78 is 5.02. The van der Waals surface area contributed by atoms with Crippen molar-refractivity contribution in [3.05, 3.63) is 12.1 Å². The number of rotatable bonds is 5. The standard InChI is InChI=1S/C10H18N4O/c1-14(2)7-6-12-10-8(11)4-5-9(13-10)15-3/h4-5H,6-7,11H2,1-3H3,(H,12,13). The van der Waals surface area contributed by atoms with Crippen molar-refractivity contribution < 1.29 is 4.74 Å². The van der Waals surface area contributed by atoms with E-state index in [1.165, 1.54) is 0 Å². The van der Waals surface area contributed by atoms with Crippen LogP contribution in [0.4, 0.5) is 11.5 Å². The zero-order chi connectivity index (χ0) is 11.3. The van der Waals surface area contributed by atoms with Gasteiger partial charge in [0.25, 0.3) is 0 Å². The number of nitrogen functional groups attached to an aromatic ring is 1. The van der Waals surface area contributed by atoms with Gasteiger partial charge in [-0.1, -0.05) is 0 Å². The second-order valence-corrected chi connectivity index (χ2v) is 3.52. The highest BCUT2D eigenvalue weighted by atomic mass is 16.5. The lowest BCUT2D eigenvalue weighted by Gasteiger charge is -2.12. The van der Waals surface area contributed by atoms with E-state index in [0.717, 1.165) is 13.1 Å². The highest BCUT2D eigenvalue weighted by Gasteiger charge is 2.02. The maximum absolute atomic E-state index is 5.77. The minimum absolute atomic E-state index is 0.566. The Hall–Kier alpha value is -1.49. The summed E-state index contributed by atoms with van der Waals surface area (Å²) in [6.07, 6.45) is 0. The molecule has 1 rings (SSSR count).